The Bertz CT molecular complexity index is 324. The molecule has 4 heteroatoms. The van der Waals surface area contributed by atoms with Crippen LogP contribution >= 0.6 is 0 Å². The summed E-state index contributed by atoms with van der Waals surface area (Å²) in [5.41, 5.74) is 6.41. The first-order valence-corrected chi connectivity index (χ1v) is 4.97. The summed E-state index contributed by atoms with van der Waals surface area (Å²) in [6.07, 6.45) is 1.72. The molecule has 0 fully saturated rings. The molecule has 2 N–H and O–H groups in total. The molecule has 0 bridgehead atoms. The van der Waals surface area contributed by atoms with Crippen LogP contribution < -0.4 is 5.73 Å². The van der Waals surface area contributed by atoms with Crippen molar-refractivity contribution in [2.24, 2.45) is 5.73 Å². The van der Waals surface area contributed by atoms with Crippen LogP contribution in [0.4, 0.5) is 0 Å². The highest BCUT2D eigenvalue weighted by atomic mass is 16.2. The molecule has 0 aliphatic carbocycles. The second-order valence-corrected chi connectivity index (χ2v) is 3.67. The number of nitrogens with zero attached hydrogens (tertiary/aromatic N) is 2. The van der Waals surface area contributed by atoms with E-state index in [1.165, 1.54) is 0 Å². The Kier molecular flexibility index (Phi) is 3.80. The van der Waals surface area contributed by atoms with Gasteiger partial charge < -0.3 is 10.6 Å². The minimum atomic E-state index is -0.471. The average molecular weight is 207 g/mol. The molecular weight excluding hydrogens is 190 g/mol. The first-order valence-electron chi connectivity index (χ1n) is 4.97. The molecule has 1 aromatic heterocycles. The minimum absolute atomic E-state index is 0.0512. The summed E-state index contributed by atoms with van der Waals surface area (Å²) in [6, 6.07) is 5.13. The van der Waals surface area contributed by atoms with E-state index in [1.807, 2.05) is 25.1 Å². The quantitative estimate of drug-likeness (QED) is 0.802. The molecule has 0 unspecified atom stereocenters. The van der Waals surface area contributed by atoms with Gasteiger partial charge >= 0.3 is 0 Å². The Morgan fingerprint density at radius 1 is 1.47 bits per heavy atom. The third-order valence-electron chi connectivity index (χ3n) is 2.43. The van der Waals surface area contributed by atoms with E-state index in [4.69, 9.17) is 5.73 Å². The van der Waals surface area contributed by atoms with Gasteiger partial charge in [0.25, 0.3) is 0 Å². The van der Waals surface area contributed by atoms with Crippen LogP contribution in [0.5, 0.6) is 0 Å². The summed E-state index contributed by atoms with van der Waals surface area (Å²) >= 11 is 0. The summed E-state index contributed by atoms with van der Waals surface area (Å²) in [5.74, 6) is -0.0758. The smallest absolute Gasteiger partial charge is 0.239 e. The molecule has 0 radical (unpaired) electrons. The number of hydrogen-bond donors (Lipinski definition) is 1. The van der Waals surface area contributed by atoms with Crippen molar-refractivity contribution in [2.75, 3.05) is 7.05 Å². The second-order valence-electron chi connectivity index (χ2n) is 3.67. The maximum Gasteiger partial charge on any atom is 0.239 e. The number of likely N-dealkylation sites (N-methyl/N-ethyl adjacent to an activating group) is 1. The number of pyridine rings is 1. The average Bonchev–Trinajstić information content (AvgIpc) is 2.27. The fourth-order valence-corrected chi connectivity index (χ4v) is 1.33. The molecule has 4 nitrogen and oxygen atoms in total. The van der Waals surface area contributed by atoms with Crippen molar-refractivity contribution in [2.45, 2.75) is 25.9 Å². The van der Waals surface area contributed by atoms with Gasteiger partial charge in [0.05, 0.1) is 17.8 Å². The molecule has 0 aliphatic heterocycles. The second kappa shape index (κ2) is 4.89. The van der Waals surface area contributed by atoms with Crippen molar-refractivity contribution >= 4 is 5.91 Å². The van der Waals surface area contributed by atoms with E-state index in [0.717, 1.165) is 5.69 Å². The molecule has 1 amide bonds. The van der Waals surface area contributed by atoms with Crippen molar-refractivity contribution in [1.82, 2.24) is 9.88 Å². The first kappa shape index (κ1) is 11.7. The van der Waals surface area contributed by atoms with Crippen LogP contribution in [0.25, 0.3) is 0 Å². The molecule has 2 atom stereocenters. The summed E-state index contributed by atoms with van der Waals surface area (Å²) in [7, 11) is 1.74. The lowest BCUT2D eigenvalue weighted by molar-refractivity contribution is -0.132. The molecule has 1 rings (SSSR count). The number of carbonyl (C=O) groups is 1. The first-order chi connectivity index (χ1) is 7.04. The van der Waals surface area contributed by atoms with Gasteiger partial charge in [0.1, 0.15) is 0 Å². The van der Waals surface area contributed by atoms with E-state index in [1.54, 1.807) is 25.1 Å². The molecule has 0 aromatic carbocycles. The maximum absolute atomic E-state index is 11.6. The minimum Gasteiger partial charge on any atom is -0.336 e. The molecule has 1 heterocycles. The summed E-state index contributed by atoms with van der Waals surface area (Å²) in [5, 5.41) is 0. The molecule has 1 aromatic rings. The van der Waals surface area contributed by atoms with Crippen molar-refractivity contribution in [3.05, 3.63) is 30.1 Å². The standard InChI is InChI=1S/C11H17N3O/c1-8(12)11(15)14(3)9(2)10-6-4-5-7-13-10/h4-9H,12H2,1-3H3/t8-,9-/m1/s1. The van der Waals surface area contributed by atoms with Crippen molar-refractivity contribution in [3.8, 4) is 0 Å². The molecule has 0 spiro atoms. The fourth-order valence-electron chi connectivity index (χ4n) is 1.33. The number of rotatable bonds is 3. The van der Waals surface area contributed by atoms with Gasteiger partial charge in [0, 0.05) is 13.2 Å². The van der Waals surface area contributed by atoms with Gasteiger partial charge in [-0.2, -0.15) is 0 Å². The normalized spacial score (nSPS) is 14.4. The number of carbonyl (C=O) groups excluding carboxylic acids is 1. The van der Waals surface area contributed by atoms with Gasteiger partial charge in [0.2, 0.25) is 5.91 Å². The summed E-state index contributed by atoms with van der Waals surface area (Å²) < 4.78 is 0. The molecule has 0 saturated carbocycles. The molecular formula is C11H17N3O. The lowest BCUT2D eigenvalue weighted by Crippen LogP contribution is -2.41. The Hall–Kier alpha value is -1.42. The summed E-state index contributed by atoms with van der Waals surface area (Å²) in [6.45, 7) is 3.62. The van der Waals surface area contributed by atoms with Crippen LogP contribution in [0.15, 0.2) is 24.4 Å². The van der Waals surface area contributed by atoms with Crippen LogP contribution in [-0.4, -0.2) is 28.9 Å². The predicted molar refractivity (Wildman–Crippen MR) is 59.1 cm³/mol. The van der Waals surface area contributed by atoms with E-state index in [9.17, 15) is 4.79 Å². The zero-order valence-electron chi connectivity index (χ0n) is 9.34. The Balaban J connectivity index is 2.77. The molecule has 0 saturated heterocycles. The Morgan fingerprint density at radius 3 is 2.60 bits per heavy atom. The number of hydrogen-bond acceptors (Lipinski definition) is 3. The fraction of sp³-hybridized carbons (Fsp3) is 0.455. The van der Waals surface area contributed by atoms with Gasteiger partial charge in [0.15, 0.2) is 0 Å². The maximum atomic E-state index is 11.6. The topological polar surface area (TPSA) is 59.2 Å². The van der Waals surface area contributed by atoms with Crippen LogP contribution in [0.3, 0.4) is 0 Å². The van der Waals surface area contributed by atoms with Gasteiger partial charge in [-0.1, -0.05) is 6.07 Å². The highest BCUT2D eigenvalue weighted by Crippen LogP contribution is 2.16. The lowest BCUT2D eigenvalue weighted by atomic mass is 10.1. The summed E-state index contributed by atoms with van der Waals surface area (Å²) in [4.78, 5) is 17.5. The van der Waals surface area contributed by atoms with E-state index in [2.05, 4.69) is 4.98 Å². The van der Waals surface area contributed by atoms with Crippen LogP contribution in [0.2, 0.25) is 0 Å². The predicted octanol–water partition coefficient (Wildman–Crippen LogP) is 0.948. The van der Waals surface area contributed by atoms with Gasteiger partial charge in [-0.3, -0.25) is 9.78 Å². The van der Waals surface area contributed by atoms with Crippen LogP contribution in [0, 0.1) is 0 Å². The van der Waals surface area contributed by atoms with Gasteiger partial charge in [-0.15, -0.1) is 0 Å². The molecule has 0 aliphatic rings. The Morgan fingerprint density at radius 2 is 2.13 bits per heavy atom. The number of amides is 1. The number of nitrogens with two attached hydrogens (primary N) is 1. The molecule has 82 valence electrons. The van der Waals surface area contributed by atoms with Crippen molar-refractivity contribution < 1.29 is 4.79 Å². The highest BCUT2D eigenvalue weighted by Gasteiger charge is 2.20. The van der Waals surface area contributed by atoms with Crippen molar-refractivity contribution in [1.29, 1.82) is 0 Å². The zero-order valence-corrected chi connectivity index (χ0v) is 9.34. The largest absolute Gasteiger partial charge is 0.336 e. The monoisotopic (exact) mass is 207 g/mol. The van der Waals surface area contributed by atoms with Gasteiger partial charge in [-0.05, 0) is 26.0 Å². The highest BCUT2D eigenvalue weighted by molar-refractivity contribution is 5.81. The third-order valence-corrected chi connectivity index (χ3v) is 2.43. The molecule has 15 heavy (non-hydrogen) atoms. The lowest BCUT2D eigenvalue weighted by Gasteiger charge is -2.25. The van der Waals surface area contributed by atoms with Crippen LogP contribution in [-0.2, 0) is 4.79 Å². The van der Waals surface area contributed by atoms with Gasteiger partial charge in [-0.25, -0.2) is 0 Å². The third kappa shape index (κ3) is 2.76. The van der Waals surface area contributed by atoms with E-state index < -0.39 is 6.04 Å². The zero-order chi connectivity index (χ0) is 11.4. The van der Waals surface area contributed by atoms with E-state index in [-0.39, 0.29) is 11.9 Å². The van der Waals surface area contributed by atoms with Crippen molar-refractivity contribution in [3.63, 3.8) is 0 Å². The number of aromatic nitrogens is 1. The van der Waals surface area contributed by atoms with E-state index >= 15 is 0 Å². The van der Waals surface area contributed by atoms with E-state index in [0.29, 0.717) is 0 Å². The Labute approximate surface area is 90.1 Å². The van der Waals surface area contributed by atoms with Crippen LogP contribution in [0.1, 0.15) is 25.6 Å². The SMILES string of the molecule is C[C@H](c1ccccn1)N(C)C(=O)[C@@H](C)N.